The zero-order valence-corrected chi connectivity index (χ0v) is 18.9. The molecule has 1 amide bonds. The van der Waals surface area contributed by atoms with E-state index in [1.54, 1.807) is 29.2 Å². The Labute approximate surface area is 190 Å². The lowest BCUT2D eigenvalue weighted by atomic mass is 10.1. The van der Waals surface area contributed by atoms with Crippen molar-refractivity contribution in [3.8, 4) is 5.75 Å². The Hall–Kier alpha value is -2.50. The van der Waals surface area contributed by atoms with Crippen molar-refractivity contribution >= 4 is 41.5 Å². The topological polar surface area (TPSA) is 80.0 Å². The number of nitrogens with one attached hydrogen (secondary N) is 1. The summed E-state index contributed by atoms with van der Waals surface area (Å²) >= 11 is 0. The van der Waals surface area contributed by atoms with Crippen LogP contribution in [0.4, 0.5) is 18.9 Å². The largest absolute Gasteiger partial charge is 0.573 e. The molecule has 0 aliphatic rings. The average molecular weight is 536 g/mol. The minimum Gasteiger partial charge on any atom is -0.406 e. The Kier molecular flexibility index (Phi) is 9.90. The number of carbonyl (C=O) groups excluding carboxylic acids is 1. The number of ether oxygens (including phenoxy) is 1. The highest BCUT2D eigenvalue weighted by molar-refractivity contribution is 14.0. The number of amides is 1. The van der Waals surface area contributed by atoms with E-state index in [1.165, 1.54) is 24.3 Å². The maximum Gasteiger partial charge on any atom is 0.573 e. The number of hydrogen-bond acceptors (Lipinski definition) is 3. The van der Waals surface area contributed by atoms with Crippen molar-refractivity contribution in [3.05, 3.63) is 59.7 Å². The lowest BCUT2D eigenvalue weighted by Gasteiger charge is -2.18. The first-order valence-electron chi connectivity index (χ1n) is 9.02. The summed E-state index contributed by atoms with van der Waals surface area (Å²) in [5, 5.41) is 2.79. The predicted molar refractivity (Wildman–Crippen MR) is 121 cm³/mol. The van der Waals surface area contributed by atoms with Crippen LogP contribution in [-0.4, -0.2) is 36.2 Å². The van der Waals surface area contributed by atoms with E-state index in [-0.39, 0.29) is 48.1 Å². The first-order valence-corrected chi connectivity index (χ1v) is 9.02. The van der Waals surface area contributed by atoms with Crippen molar-refractivity contribution in [1.82, 2.24) is 4.90 Å². The first-order chi connectivity index (χ1) is 13.7. The molecule has 2 aromatic rings. The van der Waals surface area contributed by atoms with Crippen LogP contribution in [0.1, 0.15) is 29.8 Å². The number of carbonyl (C=O) groups is 1. The molecule has 164 valence electrons. The number of benzene rings is 2. The van der Waals surface area contributed by atoms with E-state index in [4.69, 9.17) is 5.73 Å². The molecule has 0 bridgehead atoms. The highest BCUT2D eigenvalue weighted by atomic mass is 127. The molecule has 6 nitrogen and oxygen atoms in total. The van der Waals surface area contributed by atoms with Gasteiger partial charge in [-0.2, -0.15) is 0 Å². The fourth-order valence-electron chi connectivity index (χ4n) is 2.55. The predicted octanol–water partition coefficient (Wildman–Crippen LogP) is 4.61. The summed E-state index contributed by atoms with van der Waals surface area (Å²) in [6, 6.07) is 12.2. The van der Waals surface area contributed by atoms with Crippen LogP contribution in [0.2, 0.25) is 0 Å². The molecule has 0 spiro atoms. The molecular formula is C20H24F3IN4O2. The molecule has 2 aromatic carbocycles. The van der Waals surface area contributed by atoms with Crippen LogP contribution in [0.5, 0.6) is 5.75 Å². The lowest BCUT2D eigenvalue weighted by molar-refractivity contribution is -0.274. The Balaban J connectivity index is 0.00000450. The molecule has 0 radical (unpaired) electrons. The zero-order valence-electron chi connectivity index (χ0n) is 16.6. The van der Waals surface area contributed by atoms with Gasteiger partial charge in [0.25, 0.3) is 5.91 Å². The van der Waals surface area contributed by atoms with Gasteiger partial charge in [-0.1, -0.05) is 12.1 Å². The van der Waals surface area contributed by atoms with Gasteiger partial charge in [0.15, 0.2) is 5.96 Å². The van der Waals surface area contributed by atoms with Gasteiger partial charge in [-0.15, -0.1) is 37.1 Å². The van der Waals surface area contributed by atoms with Crippen molar-refractivity contribution < 1.29 is 22.7 Å². The monoisotopic (exact) mass is 536 g/mol. The standard InChI is InChI=1S/C20H23F3N4O2.HI/c1-3-27(4-2)18(28)15-7-5-14(6-8-15)13-25-19(24)26-16-9-11-17(12-10-16)29-20(21,22)23;/h5-12H,3-4,13H2,1-2H3,(H3,24,25,26);1H. The van der Waals surface area contributed by atoms with Crippen molar-refractivity contribution in [3.63, 3.8) is 0 Å². The number of nitrogens with zero attached hydrogens (tertiary/aromatic N) is 2. The molecule has 0 aliphatic heterocycles. The number of hydrogen-bond donors (Lipinski definition) is 2. The van der Waals surface area contributed by atoms with Gasteiger partial charge in [0.2, 0.25) is 0 Å². The van der Waals surface area contributed by atoms with E-state index in [0.29, 0.717) is 24.3 Å². The zero-order chi connectivity index (χ0) is 21.4. The van der Waals surface area contributed by atoms with Crippen LogP contribution >= 0.6 is 24.0 Å². The van der Waals surface area contributed by atoms with Crippen LogP contribution in [0.25, 0.3) is 0 Å². The number of aliphatic imine (C=N–C) groups is 1. The summed E-state index contributed by atoms with van der Waals surface area (Å²) in [4.78, 5) is 18.2. The Morgan fingerprint density at radius 2 is 1.63 bits per heavy atom. The molecule has 0 saturated carbocycles. The van der Waals surface area contributed by atoms with Crippen LogP contribution in [0, 0.1) is 0 Å². The molecule has 0 saturated heterocycles. The Morgan fingerprint density at radius 3 is 2.13 bits per heavy atom. The third kappa shape index (κ3) is 8.09. The summed E-state index contributed by atoms with van der Waals surface area (Å²) in [6.45, 7) is 5.43. The summed E-state index contributed by atoms with van der Waals surface area (Å²) in [6.07, 6.45) is -4.74. The average Bonchev–Trinajstić information content (AvgIpc) is 2.68. The first kappa shape index (κ1) is 25.5. The molecule has 2 rings (SSSR count). The van der Waals surface area contributed by atoms with Crippen LogP contribution < -0.4 is 15.8 Å². The van der Waals surface area contributed by atoms with Gasteiger partial charge in [-0.25, -0.2) is 4.99 Å². The molecule has 0 heterocycles. The smallest absolute Gasteiger partial charge is 0.406 e. The summed E-state index contributed by atoms with van der Waals surface area (Å²) in [7, 11) is 0. The van der Waals surface area contributed by atoms with Gasteiger partial charge in [0.1, 0.15) is 5.75 Å². The fourth-order valence-corrected chi connectivity index (χ4v) is 2.55. The summed E-state index contributed by atoms with van der Waals surface area (Å²) in [5.41, 5.74) is 7.75. The number of alkyl halides is 3. The van der Waals surface area contributed by atoms with Crippen LogP contribution in [0.3, 0.4) is 0 Å². The maximum atomic E-state index is 12.3. The molecular weight excluding hydrogens is 512 g/mol. The maximum absolute atomic E-state index is 12.3. The highest BCUT2D eigenvalue weighted by Gasteiger charge is 2.30. The van der Waals surface area contributed by atoms with Crippen LogP contribution in [0.15, 0.2) is 53.5 Å². The third-order valence-corrected chi connectivity index (χ3v) is 4.04. The van der Waals surface area contributed by atoms with Crippen molar-refractivity contribution in [1.29, 1.82) is 0 Å². The van der Waals surface area contributed by atoms with E-state index >= 15 is 0 Å². The van der Waals surface area contributed by atoms with Gasteiger partial charge < -0.3 is 20.7 Å². The molecule has 0 fully saturated rings. The highest BCUT2D eigenvalue weighted by Crippen LogP contribution is 2.23. The fraction of sp³-hybridized carbons (Fsp3) is 0.300. The van der Waals surface area contributed by atoms with E-state index in [1.807, 2.05) is 13.8 Å². The second kappa shape index (κ2) is 11.6. The lowest BCUT2D eigenvalue weighted by Crippen LogP contribution is -2.30. The Morgan fingerprint density at radius 1 is 1.07 bits per heavy atom. The number of rotatable bonds is 7. The van der Waals surface area contributed by atoms with E-state index in [2.05, 4.69) is 15.0 Å². The summed E-state index contributed by atoms with van der Waals surface area (Å²) in [5.74, 6) is -0.236. The molecule has 0 aromatic heterocycles. The van der Waals surface area contributed by atoms with Crippen molar-refractivity contribution in [2.45, 2.75) is 26.8 Å². The molecule has 0 unspecified atom stereocenters. The third-order valence-electron chi connectivity index (χ3n) is 4.04. The van der Waals surface area contributed by atoms with E-state index in [9.17, 15) is 18.0 Å². The van der Waals surface area contributed by atoms with Gasteiger partial charge >= 0.3 is 6.36 Å². The normalized spacial score (nSPS) is 11.4. The van der Waals surface area contributed by atoms with Gasteiger partial charge in [-0.3, -0.25) is 4.79 Å². The molecule has 10 heteroatoms. The quantitative estimate of drug-likeness (QED) is 0.308. The minimum atomic E-state index is -4.74. The summed E-state index contributed by atoms with van der Waals surface area (Å²) < 4.78 is 40.3. The molecule has 3 N–H and O–H groups in total. The van der Waals surface area contributed by atoms with Gasteiger partial charge in [-0.05, 0) is 55.8 Å². The molecule has 30 heavy (non-hydrogen) atoms. The number of anilines is 1. The second-order valence-electron chi connectivity index (χ2n) is 6.07. The molecule has 0 aliphatic carbocycles. The van der Waals surface area contributed by atoms with Crippen molar-refractivity contribution in [2.24, 2.45) is 10.7 Å². The SMILES string of the molecule is CCN(CC)C(=O)c1ccc(CN=C(N)Nc2ccc(OC(F)(F)F)cc2)cc1.I. The number of guanidine groups is 1. The number of nitrogens with two attached hydrogens (primary N) is 1. The van der Waals surface area contributed by atoms with Crippen molar-refractivity contribution in [2.75, 3.05) is 18.4 Å². The van der Waals surface area contributed by atoms with Crippen LogP contribution in [-0.2, 0) is 6.54 Å². The van der Waals surface area contributed by atoms with Gasteiger partial charge in [0, 0.05) is 24.3 Å². The minimum absolute atomic E-state index is 0. The van der Waals surface area contributed by atoms with E-state index in [0.717, 1.165) is 5.56 Å². The number of halogens is 4. The van der Waals surface area contributed by atoms with E-state index < -0.39 is 6.36 Å². The van der Waals surface area contributed by atoms with Gasteiger partial charge in [0.05, 0.1) is 6.54 Å². The Bertz CT molecular complexity index is 837. The molecule has 0 atom stereocenters. The second-order valence-corrected chi connectivity index (χ2v) is 6.07.